The fourth-order valence-corrected chi connectivity index (χ4v) is 2.00. The molecule has 22 heavy (non-hydrogen) atoms. The van der Waals surface area contributed by atoms with Crippen LogP contribution in [0.5, 0.6) is 5.75 Å². The topological polar surface area (TPSA) is 58.6 Å². The molecule has 0 aliphatic heterocycles. The van der Waals surface area contributed by atoms with E-state index in [1.54, 1.807) is 48.5 Å². The SMILES string of the molecule is O=C(COc1ccc(Cl)cc1)NC[C@@H](O)c1ccc(Cl)cc1. The highest BCUT2D eigenvalue weighted by molar-refractivity contribution is 6.30. The Labute approximate surface area is 138 Å². The molecule has 0 unspecified atom stereocenters. The first-order valence-corrected chi connectivity index (χ1v) is 7.39. The molecule has 1 amide bonds. The molecule has 2 N–H and O–H groups in total. The molecule has 0 heterocycles. The van der Waals surface area contributed by atoms with Crippen molar-refractivity contribution in [2.75, 3.05) is 13.2 Å². The maximum atomic E-state index is 11.7. The van der Waals surface area contributed by atoms with Crippen LogP contribution in [0.4, 0.5) is 0 Å². The van der Waals surface area contributed by atoms with Crippen LogP contribution in [0.2, 0.25) is 10.0 Å². The molecule has 6 heteroatoms. The van der Waals surface area contributed by atoms with E-state index in [1.807, 2.05) is 0 Å². The molecule has 0 aliphatic rings. The van der Waals surface area contributed by atoms with Crippen molar-refractivity contribution in [3.8, 4) is 5.75 Å². The van der Waals surface area contributed by atoms with Gasteiger partial charge in [-0.1, -0.05) is 35.3 Å². The molecule has 2 aromatic carbocycles. The quantitative estimate of drug-likeness (QED) is 0.849. The van der Waals surface area contributed by atoms with E-state index in [2.05, 4.69) is 5.32 Å². The summed E-state index contributed by atoms with van der Waals surface area (Å²) < 4.78 is 5.31. The Balaban J connectivity index is 1.75. The number of hydrogen-bond acceptors (Lipinski definition) is 3. The third-order valence-corrected chi connectivity index (χ3v) is 3.43. The summed E-state index contributed by atoms with van der Waals surface area (Å²) in [5.74, 6) is 0.237. The molecule has 0 aromatic heterocycles. The first kappa shape index (κ1) is 16.6. The van der Waals surface area contributed by atoms with Gasteiger partial charge in [0, 0.05) is 16.6 Å². The number of halogens is 2. The van der Waals surface area contributed by atoms with Gasteiger partial charge in [-0.05, 0) is 42.0 Å². The zero-order valence-electron chi connectivity index (χ0n) is 11.6. The highest BCUT2D eigenvalue weighted by atomic mass is 35.5. The average Bonchev–Trinajstić information content (AvgIpc) is 2.52. The molecule has 116 valence electrons. The molecule has 2 aromatic rings. The van der Waals surface area contributed by atoms with Gasteiger partial charge in [0.1, 0.15) is 5.75 Å². The number of ether oxygens (including phenoxy) is 1. The summed E-state index contributed by atoms with van der Waals surface area (Å²) >= 11 is 11.5. The predicted octanol–water partition coefficient (Wildman–Crippen LogP) is 3.22. The van der Waals surface area contributed by atoms with E-state index in [0.717, 1.165) is 0 Å². The lowest BCUT2D eigenvalue weighted by molar-refractivity contribution is -0.123. The van der Waals surface area contributed by atoms with Gasteiger partial charge in [0.05, 0.1) is 6.10 Å². The largest absolute Gasteiger partial charge is 0.484 e. The van der Waals surface area contributed by atoms with E-state index in [-0.39, 0.29) is 19.1 Å². The van der Waals surface area contributed by atoms with Crippen LogP contribution in [-0.2, 0) is 4.79 Å². The number of aliphatic hydroxyl groups excluding tert-OH is 1. The number of hydrogen-bond donors (Lipinski definition) is 2. The minimum absolute atomic E-state index is 0.102. The van der Waals surface area contributed by atoms with Crippen molar-refractivity contribution in [1.29, 1.82) is 0 Å². The molecular weight excluding hydrogens is 325 g/mol. The number of carbonyl (C=O) groups is 1. The Morgan fingerprint density at radius 3 is 2.18 bits per heavy atom. The van der Waals surface area contributed by atoms with Gasteiger partial charge in [-0.15, -0.1) is 0 Å². The molecule has 0 saturated heterocycles. The molecule has 0 radical (unpaired) electrons. The van der Waals surface area contributed by atoms with Gasteiger partial charge in [-0.3, -0.25) is 4.79 Å². The third kappa shape index (κ3) is 5.22. The van der Waals surface area contributed by atoms with Crippen molar-refractivity contribution in [1.82, 2.24) is 5.32 Å². The molecular formula is C16H15Cl2NO3. The molecule has 0 saturated carbocycles. The fraction of sp³-hybridized carbons (Fsp3) is 0.188. The number of aliphatic hydroxyl groups is 1. The van der Waals surface area contributed by atoms with Gasteiger partial charge in [0.25, 0.3) is 5.91 Å². The van der Waals surface area contributed by atoms with E-state index < -0.39 is 6.10 Å². The summed E-state index contributed by atoms with van der Waals surface area (Å²) in [5.41, 5.74) is 0.684. The standard InChI is InChI=1S/C16H15Cl2NO3/c17-12-3-1-11(2-4-12)15(20)9-19-16(21)10-22-14-7-5-13(18)6-8-14/h1-8,15,20H,9-10H2,(H,19,21)/t15-/m1/s1. The molecule has 2 rings (SSSR count). The Hall–Kier alpha value is -1.75. The van der Waals surface area contributed by atoms with Gasteiger partial charge >= 0.3 is 0 Å². The molecule has 0 bridgehead atoms. The first-order valence-electron chi connectivity index (χ1n) is 6.63. The van der Waals surface area contributed by atoms with Crippen molar-refractivity contribution in [2.24, 2.45) is 0 Å². The van der Waals surface area contributed by atoms with Crippen LogP contribution in [0, 0.1) is 0 Å². The minimum atomic E-state index is -0.795. The molecule has 0 aliphatic carbocycles. The Kier molecular flexibility index (Phi) is 6.07. The van der Waals surface area contributed by atoms with E-state index >= 15 is 0 Å². The zero-order valence-corrected chi connectivity index (χ0v) is 13.1. The Morgan fingerprint density at radius 2 is 1.59 bits per heavy atom. The normalized spacial score (nSPS) is 11.8. The summed E-state index contributed by atoms with van der Waals surface area (Å²) in [4.78, 5) is 11.7. The smallest absolute Gasteiger partial charge is 0.258 e. The van der Waals surface area contributed by atoms with Crippen LogP contribution < -0.4 is 10.1 Å². The lowest BCUT2D eigenvalue weighted by Crippen LogP contribution is -2.32. The van der Waals surface area contributed by atoms with E-state index in [1.165, 1.54) is 0 Å². The number of nitrogens with one attached hydrogen (secondary N) is 1. The van der Waals surface area contributed by atoms with Crippen LogP contribution in [0.1, 0.15) is 11.7 Å². The predicted molar refractivity (Wildman–Crippen MR) is 86.4 cm³/mol. The second-order valence-corrected chi connectivity index (χ2v) is 5.49. The highest BCUT2D eigenvalue weighted by Crippen LogP contribution is 2.16. The van der Waals surface area contributed by atoms with Gasteiger partial charge in [-0.2, -0.15) is 0 Å². The molecule has 0 fully saturated rings. The first-order chi connectivity index (χ1) is 10.5. The Bertz CT molecular complexity index is 614. The number of rotatable bonds is 6. The van der Waals surface area contributed by atoms with Crippen molar-refractivity contribution >= 4 is 29.1 Å². The van der Waals surface area contributed by atoms with Crippen LogP contribution in [0.15, 0.2) is 48.5 Å². The summed E-state index contributed by atoms with van der Waals surface area (Å²) in [6.45, 7) is -0.0284. The summed E-state index contributed by atoms with van der Waals surface area (Å²) in [7, 11) is 0. The van der Waals surface area contributed by atoms with Gasteiger partial charge < -0.3 is 15.2 Å². The second kappa shape index (κ2) is 8.03. The number of carbonyl (C=O) groups excluding carboxylic acids is 1. The van der Waals surface area contributed by atoms with Gasteiger partial charge in [-0.25, -0.2) is 0 Å². The van der Waals surface area contributed by atoms with Crippen molar-refractivity contribution < 1.29 is 14.6 Å². The van der Waals surface area contributed by atoms with Crippen molar-refractivity contribution in [2.45, 2.75) is 6.10 Å². The van der Waals surface area contributed by atoms with Crippen LogP contribution in [0.25, 0.3) is 0 Å². The van der Waals surface area contributed by atoms with E-state index in [0.29, 0.717) is 21.4 Å². The second-order valence-electron chi connectivity index (χ2n) is 4.61. The van der Waals surface area contributed by atoms with Crippen molar-refractivity contribution in [3.05, 3.63) is 64.1 Å². The summed E-state index contributed by atoms with van der Waals surface area (Å²) in [6, 6.07) is 13.5. The molecule has 0 spiro atoms. The van der Waals surface area contributed by atoms with Gasteiger partial charge in [0.2, 0.25) is 0 Å². The number of benzene rings is 2. The van der Waals surface area contributed by atoms with Crippen molar-refractivity contribution in [3.63, 3.8) is 0 Å². The Morgan fingerprint density at radius 1 is 1.05 bits per heavy atom. The maximum Gasteiger partial charge on any atom is 0.258 e. The zero-order chi connectivity index (χ0) is 15.9. The highest BCUT2D eigenvalue weighted by Gasteiger charge is 2.10. The summed E-state index contributed by atoms with van der Waals surface area (Å²) in [5, 5.41) is 13.8. The van der Waals surface area contributed by atoms with E-state index in [9.17, 15) is 9.90 Å². The van der Waals surface area contributed by atoms with E-state index in [4.69, 9.17) is 27.9 Å². The minimum Gasteiger partial charge on any atom is -0.484 e. The lowest BCUT2D eigenvalue weighted by Gasteiger charge is -2.13. The summed E-state index contributed by atoms with van der Waals surface area (Å²) in [6.07, 6.45) is -0.795. The van der Waals surface area contributed by atoms with Crippen LogP contribution in [-0.4, -0.2) is 24.2 Å². The number of amides is 1. The maximum absolute atomic E-state index is 11.7. The molecule has 4 nitrogen and oxygen atoms in total. The monoisotopic (exact) mass is 339 g/mol. The molecule has 1 atom stereocenters. The third-order valence-electron chi connectivity index (χ3n) is 2.93. The lowest BCUT2D eigenvalue weighted by atomic mass is 10.1. The van der Waals surface area contributed by atoms with Gasteiger partial charge in [0.15, 0.2) is 6.61 Å². The average molecular weight is 340 g/mol. The van der Waals surface area contributed by atoms with Crippen LogP contribution >= 0.6 is 23.2 Å². The van der Waals surface area contributed by atoms with Crippen LogP contribution in [0.3, 0.4) is 0 Å². The fourth-order valence-electron chi connectivity index (χ4n) is 1.74.